The van der Waals surface area contributed by atoms with Gasteiger partial charge >= 0.3 is 0 Å². The van der Waals surface area contributed by atoms with E-state index in [1.807, 2.05) is 6.92 Å². The molecule has 0 aromatic heterocycles. The van der Waals surface area contributed by atoms with Crippen LogP contribution in [0.2, 0.25) is 0 Å². The predicted molar refractivity (Wildman–Crippen MR) is 71.6 cm³/mol. The zero-order valence-electron chi connectivity index (χ0n) is 11.8. The molecule has 1 rings (SSSR count). The van der Waals surface area contributed by atoms with Crippen LogP contribution in [-0.2, 0) is 0 Å². The molecule has 18 heavy (non-hydrogen) atoms. The van der Waals surface area contributed by atoms with Crippen LogP contribution in [0.4, 0.5) is 8.78 Å². The highest BCUT2D eigenvalue weighted by molar-refractivity contribution is 5.27. The Morgan fingerprint density at radius 2 is 1.72 bits per heavy atom. The number of hydrogen-bond acceptors (Lipinski definition) is 1. The summed E-state index contributed by atoms with van der Waals surface area (Å²) < 4.78 is 27.3. The molecular weight excluding hydrogens is 232 g/mol. The maximum atomic E-state index is 13.8. The number of hydrogen-bond donors (Lipinski definition) is 1. The molecule has 0 amide bonds. The van der Waals surface area contributed by atoms with E-state index in [9.17, 15) is 8.78 Å². The van der Waals surface area contributed by atoms with Gasteiger partial charge in [0.1, 0.15) is 11.6 Å². The monoisotopic (exact) mass is 255 g/mol. The van der Waals surface area contributed by atoms with Crippen LogP contribution in [-0.4, -0.2) is 6.04 Å². The number of nitrogens with one attached hydrogen (secondary N) is 1. The lowest BCUT2D eigenvalue weighted by Crippen LogP contribution is -2.35. The number of aryl methyl sites for hydroxylation is 1. The zero-order valence-corrected chi connectivity index (χ0v) is 11.8. The summed E-state index contributed by atoms with van der Waals surface area (Å²) in [7, 11) is 0. The van der Waals surface area contributed by atoms with Gasteiger partial charge < -0.3 is 5.32 Å². The minimum absolute atomic E-state index is 0.188. The lowest BCUT2D eigenvalue weighted by atomic mass is 9.98. The second-order valence-corrected chi connectivity index (χ2v) is 5.27. The van der Waals surface area contributed by atoms with Crippen molar-refractivity contribution in [1.29, 1.82) is 0 Å². The highest BCUT2D eigenvalue weighted by Gasteiger charge is 2.18. The summed E-state index contributed by atoms with van der Waals surface area (Å²) in [4.78, 5) is 0. The Hall–Kier alpha value is -0.960. The van der Waals surface area contributed by atoms with Crippen LogP contribution >= 0.6 is 0 Å². The minimum atomic E-state index is -0.349. The van der Waals surface area contributed by atoms with Gasteiger partial charge in [-0.3, -0.25) is 0 Å². The predicted octanol–water partition coefficient (Wildman–Crippen LogP) is 4.36. The van der Waals surface area contributed by atoms with E-state index in [-0.39, 0.29) is 17.7 Å². The van der Waals surface area contributed by atoms with Crippen LogP contribution in [0.25, 0.3) is 0 Å². The van der Waals surface area contributed by atoms with E-state index in [0.29, 0.717) is 23.1 Å². The number of benzene rings is 1. The fourth-order valence-corrected chi connectivity index (χ4v) is 2.19. The van der Waals surface area contributed by atoms with Gasteiger partial charge in [-0.05, 0) is 43.9 Å². The van der Waals surface area contributed by atoms with Crippen molar-refractivity contribution in [3.05, 3.63) is 34.9 Å². The van der Waals surface area contributed by atoms with Crippen molar-refractivity contribution in [1.82, 2.24) is 5.32 Å². The molecule has 0 heterocycles. The third kappa shape index (κ3) is 3.52. The topological polar surface area (TPSA) is 12.0 Å². The van der Waals surface area contributed by atoms with Gasteiger partial charge in [-0.15, -0.1) is 0 Å². The van der Waals surface area contributed by atoms with Crippen molar-refractivity contribution in [2.45, 2.75) is 53.1 Å². The summed E-state index contributed by atoms with van der Waals surface area (Å²) in [6.45, 7) is 9.79. The average Bonchev–Trinajstić information content (AvgIpc) is 2.29. The lowest BCUT2D eigenvalue weighted by molar-refractivity contribution is 0.350. The molecule has 0 spiro atoms. The second-order valence-electron chi connectivity index (χ2n) is 5.27. The summed E-state index contributed by atoms with van der Waals surface area (Å²) in [5, 5.41) is 3.36. The summed E-state index contributed by atoms with van der Waals surface area (Å²) in [6, 6.07) is 2.69. The smallest absolute Gasteiger partial charge is 0.128 e. The van der Waals surface area contributed by atoms with Crippen LogP contribution in [0.3, 0.4) is 0 Å². The van der Waals surface area contributed by atoms with Crippen LogP contribution in [0.1, 0.15) is 51.3 Å². The fourth-order valence-electron chi connectivity index (χ4n) is 2.19. The quantitative estimate of drug-likeness (QED) is 0.824. The highest BCUT2D eigenvalue weighted by atomic mass is 19.1. The molecule has 1 nitrogen and oxygen atoms in total. The summed E-state index contributed by atoms with van der Waals surface area (Å²) >= 11 is 0. The van der Waals surface area contributed by atoms with Crippen LogP contribution in [0.5, 0.6) is 0 Å². The van der Waals surface area contributed by atoms with Gasteiger partial charge in [0.15, 0.2) is 0 Å². The van der Waals surface area contributed by atoms with E-state index in [2.05, 4.69) is 26.1 Å². The maximum Gasteiger partial charge on any atom is 0.128 e. The minimum Gasteiger partial charge on any atom is -0.307 e. The van der Waals surface area contributed by atoms with Gasteiger partial charge in [0.2, 0.25) is 0 Å². The third-order valence-corrected chi connectivity index (χ3v) is 3.45. The largest absolute Gasteiger partial charge is 0.307 e. The zero-order chi connectivity index (χ0) is 13.9. The van der Waals surface area contributed by atoms with Crippen LogP contribution < -0.4 is 5.32 Å². The average molecular weight is 255 g/mol. The molecule has 102 valence electrons. The molecule has 0 radical (unpaired) electrons. The Labute approximate surface area is 109 Å². The standard InChI is InChI=1S/C15H23F2N/c1-6-15(9(2)3)18-11(5)12-8-13(16)10(4)7-14(12)17/h7-9,11,15,18H,6H2,1-5H3. The van der Waals surface area contributed by atoms with Gasteiger partial charge in [-0.25, -0.2) is 8.78 Å². The Morgan fingerprint density at radius 3 is 2.22 bits per heavy atom. The lowest BCUT2D eigenvalue weighted by Gasteiger charge is -2.26. The molecule has 1 N–H and O–H groups in total. The number of rotatable bonds is 5. The van der Waals surface area contributed by atoms with E-state index in [0.717, 1.165) is 6.42 Å². The van der Waals surface area contributed by atoms with E-state index in [4.69, 9.17) is 0 Å². The first kappa shape index (κ1) is 15.1. The van der Waals surface area contributed by atoms with Crippen molar-refractivity contribution in [3.63, 3.8) is 0 Å². The van der Waals surface area contributed by atoms with Crippen molar-refractivity contribution in [2.75, 3.05) is 0 Å². The first-order valence-electron chi connectivity index (χ1n) is 6.58. The molecule has 0 fully saturated rings. The molecule has 2 atom stereocenters. The molecule has 0 aliphatic rings. The van der Waals surface area contributed by atoms with Gasteiger partial charge in [-0.1, -0.05) is 20.8 Å². The van der Waals surface area contributed by atoms with Gasteiger partial charge in [0.25, 0.3) is 0 Å². The molecular formula is C15H23F2N. The normalized spacial score (nSPS) is 14.9. The summed E-state index contributed by atoms with van der Waals surface area (Å²) in [5.74, 6) is -0.221. The molecule has 3 heteroatoms. The molecule has 1 aromatic carbocycles. The maximum absolute atomic E-state index is 13.8. The van der Waals surface area contributed by atoms with Gasteiger partial charge in [0, 0.05) is 17.6 Å². The second kappa shape index (κ2) is 6.28. The first-order valence-corrected chi connectivity index (χ1v) is 6.58. The van der Waals surface area contributed by atoms with E-state index in [1.54, 1.807) is 6.92 Å². The molecule has 1 aromatic rings. The van der Waals surface area contributed by atoms with E-state index >= 15 is 0 Å². The number of halogens is 2. The van der Waals surface area contributed by atoms with Crippen molar-refractivity contribution in [3.8, 4) is 0 Å². The molecule has 0 aliphatic heterocycles. The van der Waals surface area contributed by atoms with Crippen molar-refractivity contribution >= 4 is 0 Å². The first-order chi connectivity index (χ1) is 8.36. The third-order valence-electron chi connectivity index (χ3n) is 3.45. The van der Waals surface area contributed by atoms with Gasteiger partial charge in [-0.2, -0.15) is 0 Å². The van der Waals surface area contributed by atoms with E-state index in [1.165, 1.54) is 12.1 Å². The molecule has 0 aliphatic carbocycles. The van der Waals surface area contributed by atoms with Gasteiger partial charge in [0.05, 0.1) is 0 Å². The Morgan fingerprint density at radius 1 is 1.11 bits per heavy atom. The molecule has 0 saturated carbocycles. The van der Waals surface area contributed by atoms with E-state index < -0.39 is 0 Å². The summed E-state index contributed by atoms with van der Waals surface area (Å²) in [5.41, 5.74) is 0.747. The molecule has 0 saturated heterocycles. The molecule has 0 bridgehead atoms. The van der Waals surface area contributed by atoms with Crippen molar-refractivity contribution < 1.29 is 8.78 Å². The SMILES string of the molecule is CCC(NC(C)c1cc(F)c(C)cc1F)C(C)C. The highest BCUT2D eigenvalue weighted by Crippen LogP contribution is 2.22. The van der Waals surface area contributed by atoms with Crippen LogP contribution in [0.15, 0.2) is 12.1 Å². The Balaban J connectivity index is 2.90. The Bertz CT molecular complexity index is 402. The van der Waals surface area contributed by atoms with Crippen molar-refractivity contribution in [2.24, 2.45) is 5.92 Å². The fraction of sp³-hybridized carbons (Fsp3) is 0.600. The Kier molecular flexibility index (Phi) is 5.27. The van der Waals surface area contributed by atoms with Crippen LogP contribution in [0, 0.1) is 24.5 Å². The summed E-state index contributed by atoms with van der Waals surface area (Å²) in [6.07, 6.45) is 0.970. The molecule has 2 unspecified atom stereocenters.